The summed E-state index contributed by atoms with van der Waals surface area (Å²) in [4.78, 5) is 111. The van der Waals surface area contributed by atoms with Crippen LogP contribution < -0.4 is 38.8 Å². The van der Waals surface area contributed by atoms with E-state index in [1.165, 1.54) is 31.1 Å². The molecule has 2 heterocycles. The Morgan fingerprint density at radius 1 is 0.522 bits per heavy atom. The molecular weight excluding hydrogens is 1170 g/mol. The molecule has 0 radical (unpaired) electrons. The smallest absolute Gasteiger partial charge is 0.312 e. The van der Waals surface area contributed by atoms with Crippen LogP contribution in [0.25, 0.3) is 0 Å². The quantitative estimate of drug-likeness (QED) is 0.0196. The number of nitrogens with one attached hydrogen (secondary N) is 4. The number of allylic oxidation sites excluding steroid dienone is 12. The number of rotatable bonds is 20. The predicted octanol–water partition coefficient (Wildman–Crippen LogP) is 10.5. The third-order valence-corrected chi connectivity index (χ3v) is 19.1. The highest BCUT2D eigenvalue weighted by Crippen LogP contribution is 2.38. The largest absolute Gasteiger partial charge is 0.375 e. The molecule has 0 aromatic rings. The molecule has 10 N–H and O–H groups in total. The summed E-state index contributed by atoms with van der Waals surface area (Å²) >= 11 is 0. The van der Waals surface area contributed by atoms with Gasteiger partial charge in [-0.1, -0.05) is 161 Å². The Hall–Kier alpha value is -6.32. The number of methoxy groups -OCH3 is 2. The lowest BCUT2D eigenvalue weighted by atomic mass is 9.73. The number of ether oxygens (including phenoxy) is 2. The second-order valence-corrected chi connectivity index (χ2v) is 25.9. The molecule has 0 aromatic heterocycles. The number of unbranched alkanes of at least 4 members (excludes halogenated alkanes) is 7. The summed E-state index contributed by atoms with van der Waals surface area (Å²) in [7, 11) is 3.11. The van der Waals surface area contributed by atoms with Crippen molar-refractivity contribution in [2.45, 2.75) is 198 Å². The fourth-order valence-electron chi connectivity index (χ4n) is 12.1. The molecule has 4 rings (SSSR count). The second-order valence-electron chi connectivity index (χ2n) is 25.9. The summed E-state index contributed by atoms with van der Waals surface area (Å²) in [5.74, 6) is -0.552. The average Bonchev–Trinajstić information content (AvgIpc) is 0.860. The molecule has 2 amide bonds. The first-order chi connectivity index (χ1) is 43.7. The van der Waals surface area contributed by atoms with Gasteiger partial charge in [-0.15, -0.1) is 11.0 Å². The SMILES string of the molecule is COC1/C=C\C=C(/C)C(=O)NC2=CC(=O)C(CCCCCCCN)=C(C2=O)C(C)C(C)CC(C)C(C)C(C)/C=C(\C)C1NOC=O.COC1/C=C\C=C(/C)C(=O)NC2=CC(=O)C=C(C2=O)C(C)C(C)CC(C)C(C)C(C)/C=C(\C)C1NOC=O.NCCCCCCN. The molecule has 4 bridgehead atoms. The average molecular weight is 1280 g/mol. The number of hydrogen-bond donors (Lipinski definition) is 7. The molecule has 14 unspecified atom stereocenters. The highest BCUT2D eigenvalue weighted by molar-refractivity contribution is 6.24. The van der Waals surface area contributed by atoms with Crippen LogP contribution in [0.2, 0.25) is 0 Å². The summed E-state index contributed by atoms with van der Waals surface area (Å²) in [6, 6.07) is -0.908. The third-order valence-electron chi connectivity index (χ3n) is 19.1. The van der Waals surface area contributed by atoms with E-state index in [4.69, 9.17) is 36.3 Å². The first-order valence-corrected chi connectivity index (χ1v) is 33.3. The maximum absolute atomic E-state index is 14.0. The van der Waals surface area contributed by atoms with Gasteiger partial charge in [0.25, 0.3) is 11.8 Å². The van der Waals surface area contributed by atoms with Crippen molar-refractivity contribution in [3.8, 4) is 0 Å². The summed E-state index contributed by atoms with van der Waals surface area (Å²) in [5, 5.41) is 5.34. The molecule has 92 heavy (non-hydrogen) atoms. The summed E-state index contributed by atoms with van der Waals surface area (Å²) < 4.78 is 11.4. The third kappa shape index (κ3) is 26.6. The first kappa shape index (κ1) is 81.8. The summed E-state index contributed by atoms with van der Waals surface area (Å²) in [6.45, 7) is 31.6. The number of hydroxylamine groups is 2. The molecule has 0 aromatic carbocycles. The Balaban J connectivity index is 0.000000566. The molecule has 0 fully saturated rings. The first-order valence-electron chi connectivity index (χ1n) is 33.3. The van der Waals surface area contributed by atoms with Gasteiger partial charge in [-0.3, -0.25) is 38.4 Å². The zero-order valence-corrected chi connectivity index (χ0v) is 58.3. The fourth-order valence-corrected chi connectivity index (χ4v) is 12.1. The fraction of sp³-hybridized carbons (Fsp3) is 0.616. The van der Waals surface area contributed by atoms with Crippen molar-refractivity contribution in [2.75, 3.05) is 33.9 Å². The van der Waals surface area contributed by atoms with E-state index in [0.717, 1.165) is 82.0 Å². The van der Waals surface area contributed by atoms with Gasteiger partial charge < -0.3 is 47.0 Å². The number of Topliss-reactive ketones (excluding diaryl/α,β-unsaturated/α-hetero) is 2. The van der Waals surface area contributed by atoms with Crippen LogP contribution in [-0.4, -0.2) is 106 Å². The number of amides is 2. The number of hydrogen-bond acceptors (Lipinski definition) is 17. The van der Waals surface area contributed by atoms with Crippen LogP contribution in [0.4, 0.5) is 0 Å². The van der Waals surface area contributed by atoms with Crippen molar-refractivity contribution >= 4 is 47.9 Å². The van der Waals surface area contributed by atoms with Gasteiger partial charge >= 0.3 is 12.9 Å². The Morgan fingerprint density at radius 2 is 0.924 bits per heavy atom. The Morgan fingerprint density at radius 3 is 1.34 bits per heavy atom. The van der Waals surface area contributed by atoms with Crippen molar-refractivity contribution in [1.29, 1.82) is 0 Å². The summed E-state index contributed by atoms with van der Waals surface area (Å²) in [5.41, 5.74) is 25.9. The standard InChI is InChI=1S/C37H57N3O6.C30H42N2O6.C6H16N2/c1-23-15-14-17-33(45-8)35(40-46-22-41)27(5)20-25(3)28(6)24(2)19-26(4)29(7)34-30(16-12-10-9-11-13-18-38)32(42)21-31(36(34)43)39-37(23)44;1-17-10-9-11-27(37-8)28(32-38-16-33)21(5)13-19(3)22(6)18(2)12-20(4)23(7)25-14-24(34)15-26(29(25)35)31-30(17)36;7-5-3-1-2-4-6-8/h14-15,17,20-22,24-26,28-29,33,35,40H,9-13,16,18-19,38H2,1-8H3,(H,39,44);9-11,13-16,18-20,22-23,27-28,32H,12H2,1-8H3,(H,31,36);1-8H2/b17-14-,23-15+,27-20+;11-9-,17-10+,21-13+;. The monoisotopic (exact) mass is 1280 g/mol. The Labute approximate surface area is 550 Å². The lowest BCUT2D eigenvalue weighted by molar-refractivity contribution is -0.138. The Bertz CT molecular complexity index is 2760. The second kappa shape index (κ2) is 43.6. The van der Waals surface area contributed by atoms with E-state index < -0.39 is 36.1 Å². The predicted molar refractivity (Wildman–Crippen MR) is 365 cm³/mol. The van der Waals surface area contributed by atoms with Crippen LogP contribution in [0.1, 0.15) is 174 Å². The van der Waals surface area contributed by atoms with E-state index in [2.05, 4.69) is 89.1 Å². The normalized spacial score (nSPS) is 31.4. The van der Waals surface area contributed by atoms with Crippen molar-refractivity contribution in [1.82, 2.24) is 21.6 Å². The minimum atomic E-state index is -0.516. The number of fused-ring (bicyclic) bond motifs is 4. The minimum absolute atomic E-state index is 0.00824. The molecule has 2 aliphatic carbocycles. The minimum Gasteiger partial charge on any atom is -0.375 e. The van der Waals surface area contributed by atoms with E-state index in [9.17, 15) is 38.4 Å². The van der Waals surface area contributed by atoms with E-state index in [1.807, 2.05) is 27.7 Å². The lowest BCUT2D eigenvalue weighted by Gasteiger charge is -2.32. The molecule has 19 heteroatoms. The molecule has 0 saturated carbocycles. The van der Waals surface area contributed by atoms with Crippen LogP contribution >= 0.6 is 0 Å². The van der Waals surface area contributed by atoms with E-state index >= 15 is 0 Å². The van der Waals surface area contributed by atoms with Gasteiger partial charge in [0.15, 0.2) is 11.6 Å². The van der Waals surface area contributed by atoms with Crippen LogP contribution in [0.3, 0.4) is 0 Å². The summed E-state index contributed by atoms with van der Waals surface area (Å²) in [6.07, 6.45) is 29.2. The van der Waals surface area contributed by atoms with Crippen LogP contribution in [0, 0.1) is 59.2 Å². The number of carbonyl (C=O) groups excluding carboxylic acids is 8. The maximum atomic E-state index is 14.0. The van der Waals surface area contributed by atoms with Crippen LogP contribution in [-0.2, 0) is 57.5 Å². The number of nitrogens with two attached hydrogens (primary N) is 3. The van der Waals surface area contributed by atoms with E-state index in [-0.39, 0.29) is 70.0 Å². The Kier molecular flexibility index (Phi) is 38.7. The highest BCUT2D eigenvalue weighted by atomic mass is 16.7. The molecule has 0 spiro atoms. The molecule has 14 atom stereocenters. The topological polar surface area (TPSA) is 300 Å². The molecule has 514 valence electrons. The number of carbonyl (C=O) groups is 8. The van der Waals surface area contributed by atoms with Gasteiger partial charge in [-0.25, -0.2) is 0 Å². The van der Waals surface area contributed by atoms with Gasteiger partial charge in [0.05, 0.1) is 35.7 Å². The van der Waals surface area contributed by atoms with Gasteiger partial charge in [-0.05, 0) is 158 Å². The van der Waals surface area contributed by atoms with E-state index in [0.29, 0.717) is 77.4 Å². The maximum Gasteiger partial charge on any atom is 0.312 e. The molecule has 2 aliphatic heterocycles. The van der Waals surface area contributed by atoms with Crippen LogP contribution in [0.15, 0.2) is 117 Å². The molecule has 0 saturated heterocycles. The zero-order chi connectivity index (χ0) is 69.2. The molecular formula is C73H115N7O12. The van der Waals surface area contributed by atoms with Gasteiger partial charge in [-0.2, -0.15) is 0 Å². The highest BCUT2D eigenvalue weighted by Gasteiger charge is 2.37. The van der Waals surface area contributed by atoms with Gasteiger partial charge in [0.2, 0.25) is 11.6 Å². The van der Waals surface area contributed by atoms with E-state index in [1.54, 1.807) is 64.5 Å². The van der Waals surface area contributed by atoms with Gasteiger partial charge in [0.1, 0.15) is 0 Å². The van der Waals surface area contributed by atoms with Crippen molar-refractivity contribution < 1.29 is 57.5 Å². The van der Waals surface area contributed by atoms with Crippen molar-refractivity contribution in [3.05, 3.63) is 117 Å². The lowest BCUT2D eigenvalue weighted by Crippen LogP contribution is -2.41. The zero-order valence-electron chi connectivity index (χ0n) is 58.3. The van der Waals surface area contributed by atoms with Crippen LogP contribution in [0.5, 0.6) is 0 Å². The molecule has 4 aliphatic rings. The van der Waals surface area contributed by atoms with Crippen molar-refractivity contribution in [2.24, 2.45) is 76.4 Å². The van der Waals surface area contributed by atoms with Crippen molar-refractivity contribution in [3.63, 3.8) is 0 Å². The molecule has 19 nitrogen and oxygen atoms in total. The van der Waals surface area contributed by atoms with Gasteiger partial charge in [0, 0.05) is 54.2 Å². The number of ketones is 4.